The highest BCUT2D eigenvalue weighted by Crippen LogP contribution is 2.22. The van der Waals surface area contributed by atoms with E-state index in [4.69, 9.17) is 0 Å². The van der Waals surface area contributed by atoms with Gasteiger partial charge in [-0.1, -0.05) is 30.3 Å². The number of imidazole rings is 1. The van der Waals surface area contributed by atoms with E-state index in [-0.39, 0.29) is 23.4 Å². The van der Waals surface area contributed by atoms with Crippen molar-refractivity contribution in [2.24, 2.45) is 0 Å². The van der Waals surface area contributed by atoms with Gasteiger partial charge in [-0.05, 0) is 44.2 Å². The van der Waals surface area contributed by atoms with E-state index in [9.17, 15) is 18.0 Å². The summed E-state index contributed by atoms with van der Waals surface area (Å²) in [5, 5.41) is -0.154. The number of amides is 1. The number of sulfone groups is 1. The average Bonchev–Trinajstić information content (AvgIpc) is 3.27. The van der Waals surface area contributed by atoms with Crippen molar-refractivity contribution < 1.29 is 18.0 Å². The summed E-state index contributed by atoms with van der Waals surface area (Å²) in [6.45, 7) is 3.32. The Labute approximate surface area is 185 Å². The van der Waals surface area contributed by atoms with Gasteiger partial charge in [-0.15, -0.1) is 0 Å². The fraction of sp³-hybridized carbons (Fsp3) is 0.174. The van der Waals surface area contributed by atoms with E-state index in [0.717, 1.165) is 6.26 Å². The highest BCUT2D eigenvalue weighted by Gasteiger charge is 2.23. The minimum Gasteiger partial charge on any atom is -0.307 e. The molecule has 2 aromatic carbocycles. The van der Waals surface area contributed by atoms with Crippen LogP contribution in [0, 0.1) is 13.8 Å². The quantitative estimate of drug-likeness (QED) is 0.455. The molecule has 0 spiro atoms. The van der Waals surface area contributed by atoms with Crippen LogP contribution in [0.4, 0.5) is 0 Å². The third-order valence-corrected chi connectivity index (χ3v) is 6.21. The van der Waals surface area contributed by atoms with Crippen LogP contribution in [0.5, 0.6) is 0 Å². The van der Waals surface area contributed by atoms with Gasteiger partial charge in [0.25, 0.3) is 5.91 Å². The first-order chi connectivity index (χ1) is 15.2. The predicted octanol–water partition coefficient (Wildman–Crippen LogP) is 3.12. The van der Waals surface area contributed by atoms with E-state index in [1.54, 1.807) is 73.1 Å². The number of carbonyl (C=O) groups excluding carboxylic acids is 2. The zero-order chi connectivity index (χ0) is 23.0. The Morgan fingerprint density at radius 3 is 2.34 bits per heavy atom. The average molecular weight is 451 g/mol. The molecule has 8 nitrogen and oxygen atoms in total. The summed E-state index contributed by atoms with van der Waals surface area (Å²) in [4.78, 5) is 30.0. The lowest BCUT2D eigenvalue weighted by molar-refractivity contribution is 0.0966. The van der Waals surface area contributed by atoms with Gasteiger partial charge in [0.1, 0.15) is 0 Å². The molecule has 1 N–H and O–H groups in total. The number of rotatable bonds is 6. The van der Waals surface area contributed by atoms with E-state index in [1.807, 2.05) is 6.07 Å². The van der Waals surface area contributed by atoms with Gasteiger partial charge in [-0.2, -0.15) is 0 Å². The number of carbonyl (C=O) groups is 2. The Morgan fingerprint density at radius 2 is 1.66 bits per heavy atom. The molecule has 164 valence electrons. The van der Waals surface area contributed by atoms with E-state index in [2.05, 4.69) is 10.4 Å². The maximum absolute atomic E-state index is 13.2. The summed E-state index contributed by atoms with van der Waals surface area (Å²) < 4.78 is 27.5. The van der Waals surface area contributed by atoms with Gasteiger partial charge in [0.2, 0.25) is 15.0 Å². The van der Waals surface area contributed by atoms with Crippen molar-refractivity contribution in [1.29, 1.82) is 0 Å². The maximum atomic E-state index is 13.2. The van der Waals surface area contributed by atoms with Gasteiger partial charge in [-0.25, -0.2) is 13.4 Å². The lowest BCUT2D eigenvalue weighted by Gasteiger charge is -2.12. The fourth-order valence-electron chi connectivity index (χ4n) is 3.69. The smallest absolute Gasteiger partial charge is 0.270 e. The lowest BCUT2D eigenvalue weighted by Crippen LogP contribution is -2.25. The Kier molecular flexibility index (Phi) is 5.43. The first-order valence-corrected chi connectivity index (χ1v) is 11.8. The van der Waals surface area contributed by atoms with Gasteiger partial charge in [0.15, 0.2) is 5.78 Å². The summed E-state index contributed by atoms with van der Waals surface area (Å²) in [6, 6.07) is 17.4. The van der Waals surface area contributed by atoms with Crippen LogP contribution in [0.1, 0.15) is 32.1 Å². The topological polar surface area (TPSA) is 103 Å². The normalized spacial score (nSPS) is 11.6. The van der Waals surface area contributed by atoms with Crippen LogP contribution in [0.15, 0.2) is 65.8 Å². The standard InChI is InChI=1S/C23H22N4O4S/c1-15-13-18(16(2)27(15)25-22(29)17-9-5-4-6-10-17)21(28)14-26-20-12-8-7-11-19(20)24-23(26)32(3,30)31/h4-13H,14H2,1-3H3,(H,25,29). The van der Waals surface area contributed by atoms with Crippen molar-refractivity contribution in [1.82, 2.24) is 14.2 Å². The number of Topliss-reactive ketones (excluding diaryl/α,β-unsaturated/α-hetero) is 1. The lowest BCUT2D eigenvalue weighted by atomic mass is 10.1. The molecule has 0 radical (unpaired) electrons. The third-order valence-electron chi connectivity index (χ3n) is 5.23. The number of aromatic nitrogens is 3. The van der Waals surface area contributed by atoms with Crippen LogP contribution in [0.2, 0.25) is 0 Å². The number of hydrogen-bond donors (Lipinski definition) is 1. The molecule has 32 heavy (non-hydrogen) atoms. The molecule has 4 rings (SSSR count). The molecule has 0 saturated carbocycles. The summed E-state index contributed by atoms with van der Waals surface area (Å²) in [5.74, 6) is -0.585. The van der Waals surface area contributed by atoms with Crippen LogP contribution >= 0.6 is 0 Å². The van der Waals surface area contributed by atoms with E-state index < -0.39 is 9.84 Å². The Morgan fingerprint density at radius 1 is 1.00 bits per heavy atom. The van der Waals surface area contributed by atoms with Crippen molar-refractivity contribution in [3.8, 4) is 0 Å². The molecule has 2 heterocycles. The van der Waals surface area contributed by atoms with Crippen LogP contribution in [0.25, 0.3) is 11.0 Å². The first kappa shape index (κ1) is 21.5. The number of benzene rings is 2. The zero-order valence-corrected chi connectivity index (χ0v) is 18.7. The predicted molar refractivity (Wildman–Crippen MR) is 121 cm³/mol. The maximum Gasteiger partial charge on any atom is 0.270 e. The fourth-order valence-corrected chi connectivity index (χ4v) is 4.52. The molecule has 0 aliphatic carbocycles. The van der Waals surface area contributed by atoms with E-state index >= 15 is 0 Å². The number of hydrogen-bond acceptors (Lipinski definition) is 5. The molecular weight excluding hydrogens is 428 g/mol. The number of nitrogens with one attached hydrogen (secondary N) is 1. The van der Waals surface area contributed by atoms with Gasteiger partial charge >= 0.3 is 0 Å². The second-order valence-corrected chi connectivity index (χ2v) is 9.50. The molecule has 0 unspecified atom stereocenters. The summed E-state index contributed by atoms with van der Waals surface area (Å²) >= 11 is 0. The van der Waals surface area contributed by atoms with Crippen molar-refractivity contribution >= 4 is 32.6 Å². The molecule has 0 aliphatic heterocycles. The number of ketones is 1. The Bertz CT molecular complexity index is 1450. The molecule has 1 amide bonds. The molecule has 0 bridgehead atoms. The minimum atomic E-state index is -3.65. The molecule has 9 heteroatoms. The highest BCUT2D eigenvalue weighted by atomic mass is 32.2. The van der Waals surface area contributed by atoms with Crippen molar-refractivity contribution in [3.05, 3.63) is 83.2 Å². The van der Waals surface area contributed by atoms with Crippen molar-refractivity contribution in [3.63, 3.8) is 0 Å². The van der Waals surface area contributed by atoms with Gasteiger partial charge in [0.05, 0.1) is 17.6 Å². The summed E-state index contributed by atoms with van der Waals surface area (Å²) in [5.41, 5.74) is 5.99. The van der Waals surface area contributed by atoms with Gasteiger partial charge < -0.3 is 4.57 Å². The number of para-hydroxylation sites is 2. The molecule has 0 atom stereocenters. The zero-order valence-electron chi connectivity index (χ0n) is 17.9. The summed E-state index contributed by atoms with van der Waals surface area (Å²) in [6.07, 6.45) is 1.07. The van der Waals surface area contributed by atoms with Crippen LogP contribution < -0.4 is 5.43 Å². The Balaban J connectivity index is 1.67. The highest BCUT2D eigenvalue weighted by molar-refractivity contribution is 7.90. The molecule has 0 aliphatic rings. The molecule has 0 saturated heterocycles. The van der Waals surface area contributed by atoms with Crippen LogP contribution in [-0.4, -0.2) is 40.6 Å². The number of fused-ring (bicyclic) bond motifs is 1. The molecule has 4 aromatic rings. The monoisotopic (exact) mass is 450 g/mol. The molecule has 0 fully saturated rings. The van der Waals surface area contributed by atoms with Crippen LogP contribution in [0.3, 0.4) is 0 Å². The van der Waals surface area contributed by atoms with Crippen molar-refractivity contribution in [2.45, 2.75) is 25.5 Å². The largest absolute Gasteiger partial charge is 0.307 e. The first-order valence-electron chi connectivity index (χ1n) is 9.90. The third kappa shape index (κ3) is 3.94. The molecule has 2 aromatic heterocycles. The van der Waals surface area contributed by atoms with Gasteiger partial charge in [-0.3, -0.25) is 19.7 Å². The minimum absolute atomic E-state index is 0.154. The second-order valence-electron chi connectivity index (χ2n) is 7.59. The number of aryl methyl sites for hydroxylation is 1. The van der Waals surface area contributed by atoms with E-state index in [0.29, 0.717) is 33.5 Å². The van der Waals surface area contributed by atoms with Gasteiger partial charge in [0, 0.05) is 28.8 Å². The van der Waals surface area contributed by atoms with E-state index in [1.165, 1.54) is 4.57 Å². The number of nitrogens with zero attached hydrogens (tertiary/aromatic N) is 3. The Hall–Kier alpha value is -3.72. The van der Waals surface area contributed by atoms with Crippen LogP contribution in [-0.2, 0) is 16.4 Å². The second kappa shape index (κ2) is 8.08. The molecular formula is C23H22N4O4S. The van der Waals surface area contributed by atoms with Crippen molar-refractivity contribution in [2.75, 3.05) is 11.7 Å². The SMILES string of the molecule is Cc1cc(C(=O)Cn2c(S(C)(=O)=O)nc3ccccc32)c(C)n1NC(=O)c1ccccc1. The summed E-state index contributed by atoms with van der Waals surface area (Å²) in [7, 11) is -3.65.